The third kappa shape index (κ3) is 6.32. The molecule has 0 aliphatic rings. The van der Waals surface area contributed by atoms with Crippen LogP contribution in [0.5, 0.6) is 0 Å². The molecule has 0 bridgehead atoms. The molecule has 0 saturated carbocycles. The summed E-state index contributed by atoms with van der Waals surface area (Å²) in [5.74, 6) is -0.825. The summed E-state index contributed by atoms with van der Waals surface area (Å²) in [7, 11) is 0. The van der Waals surface area contributed by atoms with Gasteiger partial charge in [0, 0.05) is 0 Å². The Bertz CT molecular complexity index is 465. The van der Waals surface area contributed by atoms with E-state index in [0.717, 1.165) is 0 Å². The second kappa shape index (κ2) is 8.72. The van der Waals surface area contributed by atoms with Crippen LogP contribution < -0.4 is 0 Å². The lowest BCUT2D eigenvalue weighted by molar-refractivity contribution is -0.187. The van der Waals surface area contributed by atoms with Gasteiger partial charge < -0.3 is 14.2 Å². The van der Waals surface area contributed by atoms with Crippen molar-refractivity contribution in [2.75, 3.05) is 13.4 Å². The van der Waals surface area contributed by atoms with Crippen molar-refractivity contribution >= 4 is 17.5 Å². The van der Waals surface area contributed by atoms with Crippen LogP contribution in [0, 0.1) is 5.41 Å². The van der Waals surface area contributed by atoms with Gasteiger partial charge in [-0.3, -0.25) is 14.4 Å². The Morgan fingerprint density at radius 3 is 1.71 bits per heavy atom. The van der Waals surface area contributed by atoms with E-state index >= 15 is 0 Å². The van der Waals surface area contributed by atoms with Gasteiger partial charge in [0.1, 0.15) is 17.8 Å². The second-order valence-electron chi connectivity index (χ2n) is 7.38. The Kier molecular flexibility index (Phi) is 8.26. The van der Waals surface area contributed by atoms with Crippen molar-refractivity contribution in [1.82, 2.24) is 0 Å². The van der Waals surface area contributed by atoms with Crippen LogP contribution in [-0.4, -0.2) is 42.1 Å². The Labute approximate surface area is 145 Å². The molecule has 0 heterocycles. The largest absolute Gasteiger partial charge is 0.438 e. The number of carbonyl (C=O) groups is 3. The predicted octanol–water partition coefficient (Wildman–Crippen LogP) is 3.06. The molecule has 2 unspecified atom stereocenters. The average molecular weight is 344 g/mol. The van der Waals surface area contributed by atoms with Crippen LogP contribution in [-0.2, 0) is 28.6 Å². The summed E-state index contributed by atoms with van der Waals surface area (Å²) >= 11 is 0. The summed E-state index contributed by atoms with van der Waals surface area (Å²) in [6.45, 7) is 13.0. The molecule has 0 aromatic rings. The molecule has 0 N–H and O–H groups in total. The van der Waals surface area contributed by atoms with Gasteiger partial charge in [-0.05, 0) is 54.4 Å². The highest BCUT2D eigenvalue weighted by Crippen LogP contribution is 2.22. The zero-order chi connectivity index (χ0) is 19.2. The third-order valence-corrected chi connectivity index (χ3v) is 4.39. The summed E-state index contributed by atoms with van der Waals surface area (Å²) in [6, 6.07) is 0. The lowest BCUT2D eigenvalue weighted by Crippen LogP contribution is -2.45. The van der Waals surface area contributed by atoms with Gasteiger partial charge in [-0.2, -0.15) is 0 Å². The molecular weight excluding hydrogens is 312 g/mol. The smallest absolute Gasteiger partial charge is 0.313 e. The molecule has 24 heavy (non-hydrogen) atoms. The number of ether oxygens (including phenoxy) is 3. The molecule has 0 aliphatic carbocycles. The SMILES string of the molecule is CCC(C)(OCC(=O)C(C)(CC)OCOC(=O)C(C)(C)C)C(C)=O. The van der Waals surface area contributed by atoms with Crippen LogP contribution in [0.15, 0.2) is 0 Å². The average Bonchev–Trinajstić information content (AvgIpc) is 2.50. The Balaban J connectivity index is 4.71. The van der Waals surface area contributed by atoms with Crippen LogP contribution in [0.2, 0.25) is 0 Å². The maximum atomic E-state index is 12.5. The minimum absolute atomic E-state index is 0.129. The first kappa shape index (κ1) is 22.7. The first-order chi connectivity index (χ1) is 10.8. The fourth-order valence-electron chi connectivity index (χ4n) is 1.64. The van der Waals surface area contributed by atoms with Gasteiger partial charge in [0.05, 0.1) is 5.41 Å². The van der Waals surface area contributed by atoms with Crippen LogP contribution >= 0.6 is 0 Å². The predicted molar refractivity (Wildman–Crippen MR) is 90.5 cm³/mol. The fraction of sp³-hybridized carbons (Fsp3) is 0.833. The molecule has 6 heteroatoms. The van der Waals surface area contributed by atoms with Crippen molar-refractivity contribution in [3.05, 3.63) is 0 Å². The number of carbonyl (C=O) groups excluding carboxylic acids is 3. The van der Waals surface area contributed by atoms with Gasteiger partial charge in [-0.25, -0.2) is 0 Å². The summed E-state index contributed by atoms with van der Waals surface area (Å²) in [6.07, 6.45) is 0.869. The fourth-order valence-corrected chi connectivity index (χ4v) is 1.64. The van der Waals surface area contributed by atoms with E-state index in [1.165, 1.54) is 6.92 Å². The highest BCUT2D eigenvalue weighted by molar-refractivity contribution is 5.89. The third-order valence-electron chi connectivity index (χ3n) is 4.39. The van der Waals surface area contributed by atoms with E-state index < -0.39 is 22.6 Å². The number of hydrogen-bond donors (Lipinski definition) is 0. The van der Waals surface area contributed by atoms with Gasteiger partial charge in [-0.15, -0.1) is 0 Å². The Morgan fingerprint density at radius 2 is 1.33 bits per heavy atom. The van der Waals surface area contributed by atoms with Gasteiger partial charge >= 0.3 is 5.97 Å². The minimum atomic E-state index is -1.14. The standard InChI is InChI=1S/C18H32O6/c1-9-17(7,13(3)19)23-11-14(20)18(8,10-2)24-12-22-15(21)16(4,5)6/h9-12H2,1-8H3. The minimum Gasteiger partial charge on any atom is -0.438 e. The molecule has 140 valence electrons. The number of esters is 1. The molecular formula is C18H32O6. The van der Waals surface area contributed by atoms with Gasteiger partial charge in [0.15, 0.2) is 18.4 Å². The van der Waals surface area contributed by atoms with E-state index in [1.54, 1.807) is 41.5 Å². The zero-order valence-corrected chi connectivity index (χ0v) is 16.3. The molecule has 0 rings (SSSR count). The van der Waals surface area contributed by atoms with E-state index in [0.29, 0.717) is 12.8 Å². The first-order valence-electron chi connectivity index (χ1n) is 8.32. The van der Waals surface area contributed by atoms with Gasteiger partial charge in [0.2, 0.25) is 0 Å². The highest BCUT2D eigenvalue weighted by atomic mass is 16.7. The molecule has 0 spiro atoms. The van der Waals surface area contributed by atoms with E-state index in [-0.39, 0.29) is 25.0 Å². The Morgan fingerprint density at radius 1 is 0.833 bits per heavy atom. The summed E-state index contributed by atoms with van der Waals surface area (Å²) in [5.41, 5.74) is -2.75. The van der Waals surface area contributed by atoms with E-state index in [2.05, 4.69) is 0 Å². The van der Waals surface area contributed by atoms with Gasteiger partial charge in [-0.1, -0.05) is 13.8 Å². The Hall–Kier alpha value is -1.27. The van der Waals surface area contributed by atoms with Crippen molar-refractivity contribution in [3.63, 3.8) is 0 Å². The molecule has 0 fully saturated rings. The number of rotatable bonds is 10. The lowest BCUT2D eigenvalue weighted by atomic mass is 9.96. The molecule has 0 aliphatic heterocycles. The van der Waals surface area contributed by atoms with E-state index in [4.69, 9.17) is 14.2 Å². The van der Waals surface area contributed by atoms with E-state index in [9.17, 15) is 14.4 Å². The number of Topliss-reactive ketones (excluding diaryl/α,β-unsaturated/α-hetero) is 2. The van der Waals surface area contributed by atoms with Crippen molar-refractivity contribution in [3.8, 4) is 0 Å². The highest BCUT2D eigenvalue weighted by Gasteiger charge is 2.36. The molecule has 0 aromatic carbocycles. The van der Waals surface area contributed by atoms with Crippen LogP contribution in [0.25, 0.3) is 0 Å². The molecule has 6 nitrogen and oxygen atoms in total. The first-order valence-corrected chi connectivity index (χ1v) is 8.32. The quantitative estimate of drug-likeness (QED) is 0.448. The van der Waals surface area contributed by atoms with Crippen molar-refractivity contribution in [2.45, 2.75) is 79.4 Å². The summed E-state index contributed by atoms with van der Waals surface area (Å²) in [5, 5.41) is 0. The summed E-state index contributed by atoms with van der Waals surface area (Å²) in [4.78, 5) is 35.8. The number of hydrogen-bond acceptors (Lipinski definition) is 6. The molecule has 0 amide bonds. The molecule has 0 saturated heterocycles. The van der Waals surface area contributed by atoms with Crippen molar-refractivity contribution in [1.29, 1.82) is 0 Å². The van der Waals surface area contributed by atoms with Crippen molar-refractivity contribution < 1.29 is 28.6 Å². The normalized spacial score (nSPS) is 16.8. The van der Waals surface area contributed by atoms with Crippen molar-refractivity contribution in [2.24, 2.45) is 5.41 Å². The number of ketones is 2. The van der Waals surface area contributed by atoms with Crippen LogP contribution in [0.3, 0.4) is 0 Å². The van der Waals surface area contributed by atoms with Gasteiger partial charge in [0.25, 0.3) is 0 Å². The molecule has 2 atom stereocenters. The second-order valence-corrected chi connectivity index (χ2v) is 7.38. The lowest BCUT2D eigenvalue weighted by Gasteiger charge is -2.30. The zero-order valence-electron chi connectivity index (χ0n) is 16.3. The maximum Gasteiger partial charge on any atom is 0.313 e. The van der Waals surface area contributed by atoms with Crippen LogP contribution in [0.1, 0.15) is 68.2 Å². The monoisotopic (exact) mass is 344 g/mol. The topological polar surface area (TPSA) is 78.9 Å². The molecule has 0 radical (unpaired) electrons. The maximum absolute atomic E-state index is 12.5. The van der Waals surface area contributed by atoms with Crippen LogP contribution in [0.4, 0.5) is 0 Å². The molecule has 0 aromatic heterocycles. The summed E-state index contributed by atoms with van der Waals surface area (Å²) < 4.78 is 16.1. The van der Waals surface area contributed by atoms with E-state index in [1.807, 2.05) is 6.92 Å².